The Morgan fingerprint density at radius 1 is 1.15 bits per heavy atom. The summed E-state index contributed by atoms with van der Waals surface area (Å²) in [6, 6.07) is 10.1. The lowest BCUT2D eigenvalue weighted by atomic mass is 10.2. The smallest absolute Gasteiger partial charge is 0.223 e. The van der Waals surface area contributed by atoms with Crippen molar-refractivity contribution in [3.8, 4) is 0 Å². The van der Waals surface area contributed by atoms with Gasteiger partial charge in [-0.15, -0.1) is 0 Å². The molecule has 0 unspecified atom stereocenters. The molecular weight excluding hydrogens is 250 g/mol. The monoisotopic (exact) mass is 275 g/mol. The van der Waals surface area contributed by atoms with Crippen LogP contribution in [0.25, 0.3) is 0 Å². The second kappa shape index (κ2) is 7.41. The molecule has 0 saturated carbocycles. The first kappa shape index (κ1) is 15.0. The quantitative estimate of drug-likeness (QED) is 0.810. The van der Waals surface area contributed by atoms with Gasteiger partial charge in [0.25, 0.3) is 0 Å². The van der Waals surface area contributed by atoms with E-state index in [-0.39, 0.29) is 5.91 Å². The molecule has 1 aliphatic heterocycles. The molecule has 110 valence electrons. The molecule has 0 bridgehead atoms. The molecule has 0 aliphatic carbocycles. The fourth-order valence-electron chi connectivity index (χ4n) is 2.46. The summed E-state index contributed by atoms with van der Waals surface area (Å²) in [5, 5.41) is 0. The highest BCUT2D eigenvalue weighted by Crippen LogP contribution is 2.05. The molecule has 0 radical (unpaired) electrons. The second-order valence-corrected chi connectivity index (χ2v) is 5.63. The molecule has 0 aromatic heterocycles. The van der Waals surface area contributed by atoms with Crippen molar-refractivity contribution in [1.29, 1.82) is 0 Å². The predicted octanol–water partition coefficient (Wildman–Crippen LogP) is 1.28. The van der Waals surface area contributed by atoms with Gasteiger partial charge in [0.2, 0.25) is 5.91 Å². The fourth-order valence-corrected chi connectivity index (χ4v) is 2.46. The Morgan fingerprint density at radius 3 is 2.45 bits per heavy atom. The number of rotatable bonds is 5. The Balaban J connectivity index is 1.71. The molecule has 4 heteroatoms. The predicted molar refractivity (Wildman–Crippen MR) is 81.5 cm³/mol. The van der Waals surface area contributed by atoms with E-state index in [9.17, 15) is 4.79 Å². The molecular formula is C16H25N3O. The molecule has 1 fully saturated rings. The summed E-state index contributed by atoms with van der Waals surface area (Å²) < 4.78 is 0. The van der Waals surface area contributed by atoms with Crippen molar-refractivity contribution in [3.05, 3.63) is 35.9 Å². The SMILES string of the molecule is CN1CCN(CCC(=O)N(C)Cc2ccccc2)CC1. The van der Waals surface area contributed by atoms with Gasteiger partial charge in [0, 0.05) is 52.7 Å². The summed E-state index contributed by atoms with van der Waals surface area (Å²) in [5.41, 5.74) is 1.18. The van der Waals surface area contributed by atoms with Gasteiger partial charge >= 0.3 is 0 Å². The molecule has 20 heavy (non-hydrogen) atoms. The molecule has 1 aromatic carbocycles. The first-order chi connectivity index (χ1) is 9.65. The minimum atomic E-state index is 0.229. The first-order valence-electron chi connectivity index (χ1n) is 7.34. The van der Waals surface area contributed by atoms with E-state index < -0.39 is 0 Å². The zero-order valence-corrected chi connectivity index (χ0v) is 12.6. The highest BCUT2D eigenvalue weighted by atomic mass is 16.2. The molecule has 0 atom stereocenters. The zero-order chi connectivity index (χ0) is 14.4. The number of hydrogen-bond donors (Lipinski definition) is 0. The van der Waals surface area contributed by atoms with Crippen LogP contribution in [0.1, 0.15) is 12.0 Å². The third-order valence-electron chi connectivity index (χ3n) is 3.93. The summed E-state index contributed by atoms with van der Waals surface area (Å²) in [4.78, 5) is 18.7. The van der Waals surface area contributed by atoms with Gasteiger partial charge in [0.1, 0.15) is 0 Å². The van der Waals surface area contributed by atoms with Crippen LogP contribution in [-0.2, 0) is 11.3 Å². The lowest BCUT2D eigenvalue weighted by Crippen LogP contribution is -2.45. The highest BCUT2D eigenvalue weighted by Gasteiger charge is 2.16. The van der Waals surface area contributed by atoms with E-state index in [4.69, 9.17) is 0 Å². The zero-order valence-electron chi connectivity index (χ0n) is 12.6. The van der Waals surface area contributed by atoms with E-state index in [1.165, 1.54) is 5.56 Å². The van der Waals surface area contributed by atoms with Crippen molar-refractivity contribution in [1.82, 2.24) is 14.7 Å². The lowest BCUT2D eigenvalue weighted by molar-refractivity contribution is -0.130. The summed E-state index contributed by atoms with van der Waals surface area (Å²) >= 11 is 0. The van der Waals surface area contributed by atoms with Crippen molar-refractivity contribution < 1.29 is 4.79 Å². The third-order valence-corrected chi connectivity index (χ3v) is 3.93. The number of hydrogen-bond acceptors (Lipinski definition) is 3. The van der Waals surface area contributed by atoms with E-state index in [2.05, 4.69) is 29.0 Å². The van der Waals surface area contributed by atoms with E-state index >= 15 is 0 Å². The Labute approximate surface area is 122 Å². The van der Waals surface area contributed by atoms with Gasteiger partial charge in [-0.25, -0.2) is 0 Å². The molecule has 1 saturated heterocycles. The number of piperazine rings is 1. The van der Waals surface area contributed by atoms with Crippen LogP contribution in [0.3, 0.4) is 0 Å². The normalized spacial score (nSPS) is 17.1. The van der Waals surface area contributed by atoms with Crippen molar-refractivity contribution in [3.63, 3.8) is 0 Å². The summed E-state index contributed by atoms with van der Waals surface area (Å²) in [7, 11) is 4.04. The van der Waals surface area contributed by atoms with E-state index in [0.717, 1.165) is 32.7 Å². The average Bonchev–Trinajstić information content (AvgIpc) is 2.47. The van der Waals surface area contributed by atoms with Crippen LogP contribution >= 0.6 is 0 Å². The first-order valence-corrected chi connectivity index (χ1v) is 7.34. The number of carbonyl (C=O) groups is 1. The minimum Gasteiger partial charge on any atom is -0.341 e. The number of benzene rings is 1. The molecule has 1 amide bonds. The van der Waals surface area contributed by atoms with E-state index in [0.29, 0.717) is 13.0 Å². The molecule has 1 heterocycles. The number of amides is 1. The molecule has 1 aliphatic rings. The largest absolute Gasteiger partial charge is 0.341 e. The maximum Gasteiger partial charge on any atom is 0.223 e. The van der Waals surface area contributed by atoms with Crippen molar-refractivity contribution in [2.45, 2.75) is 13.0 Å². The Hall–Kier alpha value is -1.39. The van der Waals surface area contributed by atoms with E-state index in [1.54, 1.807) is 0 Å². The molecule has 1 aromatic rings. The molecule has 4 nitrogen and oxygen atoms in total. The average molecular weight is 275 g/mol. The lowest BCUT2D eigenvalue weighted by Gasteiger charge is -2.32. The van der Waals surface area contributed by atoms with Crippen molar-refractivity contribution in [2.24, 2.45) is 0 Å². The van der Waals surface area contributed by atoms with Crippen LogP contribution in [0.2, 0.25) is 0 Å². The van der Waals surface area contributed by atoms with E-state index in [1.807, 2.05) is 30.1 Å². The summed E-state index contributed by atoms with van der Waals surface area (Å²) in [6.07, 6.45) is 0.618. The Morgan fingerprint density at radius 2 is 1.80 bits per heavy atom. The fraction of sp³-hybridized carbons (Fsp3) is 0.562. The summed E-state index contributed by atoms with van der Waals surface area (Å²) in [5.74, 6) is 0.229. The Bertz CT molecular complexity index is 413. The van der Waals surface area contributed by atoms with Crippen LogP contribution in [0, 0.1) is 0 Å². The topological polar surface area (TPSA) is 26.8 Å². The maximum atomic E-state index is 12.1. The third kappa shape index (κ3) is 4.62. The van der Waals surface area contributed by atoms with Gasteiger partial charge < -0.3 is 14.7 Å². The maximum absolute atomic E-state index is 12.1. The Kier molecular flexibility index (Phi) is 5.56. The number of carbonyl (C=O) groups excluding carboxylic acids is 1. The van der Waals surface area contributed by atoms with Gasteiger partial charge in [0.05, 0.1) is 0 Å². The minimum absolute atomic E-state index is 0.229. The van der Waals surface area contributed by atoms with Crippen LogP contribution in [0.4, 0.5) is 0 Å². The molecule has 2 rings (SSSR count). The molecule has 0 N–H and O–H groups in total. The van der Waals surface area contributed by atoms with Gasteiger partial charge in [-0.3, -0.25) is 4.79 Å². The van der Waals surface area contributed by atoms with Crippen molar-refractivity contribution >= 4 is 5.91 Å². The van der Waals surface area contributed by atoms with Crippen LogP contribution in [-0.4, -0.2) is 67.4 Å². The van der Waals surface area contributed by atoms with Crippen LogP contribution < -0.4 is 0 Å². The second-order valence-electron chi connectivity index (χ2n) is 5.63. The van der Waals surface area contributed by atoms with Crippen LogP contribution in [0.5, 0.6) is 0 Å². The number of nitrogens with zero attached hydrogens (tertiary/aromatic N) is 3. The molecule has 0 spiro atoms. The summed E-state index contributed by atoms with van der Waals surface area (Å²) in [6.45, 7) is 5.94. The van der Waals surface area contributed by atoms with Gasteiger partial charge in [-0.05, 0) is 12.6 Å². The standard InChI is InChI=1S/C16H25N3O/c1-17-10-12-19(13-11-17)9-8-16(20)18(2)14-15-6-4-3-5-7-15/h3-7H,8-14H2,1-2H3. The van der Waals surface area contributed by atoms with Gasteiger partial charge in [-0.2, -0.15) is 0 Å². The highest BCUT2D eigenvalue weighted by molar-refractivity contribution is 5.76. The number of likely N-dealkylation sites (N-methyl/N-ethyl adjacent to an activating group) is 1. The van der Waals surface area contributed by atoms with Crippen molar-refractivity contribution in [2.75, 3.05) is 46.8 Å². The van der Waals surface area contributed by atoms with Gasteiger partial charge in [0.15, 0.2) is 0 Å². The van der Waals surface area contributed by atoms with Crippen LogP contribution in [0.15, 0.2) is 30.3 Å². The van der Waals surface area contributed by atoms with Gasteiger partial charge in [-0.1, -0.05) is 30.3 Å².